The Morgan fingerprint density at radius 1 is 1.05 bits per heavy atom. The second kappa shape index (κ2) is 9.78. The average molecular weight is 267 g/mol. The summed E-state index contributed by atoms with van der Waals surface area (Å²) in [5.74, 6) is 0.887. The molecule has 1 rings (SSSR count). The lowest BCUT2D eigenvalue weighted by Crippen LogP contribution is -2.23. The maximum Gasteiger partial charge on any atom is 0.118 e. The first-order chi connectivity index (χ1) is 9.27. The molecule has 0 radical (unpaired) electrons. The van der Waals surface area contributed by atoms with Crippen LogP contribution in [-0.2, 0) is 9.47 Å². The van der Waals surface area contributed by atoms with Gasteiger partial charge in [-0.25, -0.2) is 0 Å². The molecule has 0 saturated carbocycles. The van der Waals surface area contributed by atoms with Gasteiger partial charge in [0.25, 0.3) is 0 Å². The van der Waals surface area contributed by atoms with Crippen molar-refractivity contribution >= 4 is 0 Å². The first-order valence-electron chi connectivity index (χ1n) is 6.72. The monoisotopic (exact) mass is 267 g/mol. The van der Waals surface area contributed by atoms with Gasteiger partial charge < -0.3 is 19.5 Å². The van der Waals surface area contributed by atoms with Gasteiger partial charge >= 0.3 is 0 Å². The van der Waals surface area contributed by atoms with Gasteiger partial charge in [-0.2, -0.15) is 0 Å². The van der Waals surface area contributed by atoms with Crippen molar-refractivity contribution in [3.05, 3.63) is 29.8 Å². The predicted molar refractivity (Wildman–Crippen MR) is 76.7 cm³/mol. The van der Waals surface area contributed by atoms with Gasteiger partial charge in [-0.3, -0.25) is 0 Å². The summed E-state index contributed by atoms with van der Waals surface area (Å²) in [4.78, 5) is 0. The molecule has 1 unspecified atom stereocenters. The van der Waals surface area contributed by atoms with Crippen molar-refractivity contribution in [3.63, 3.8) is 0 Å². The maximum atomic E-state index is 5.50. The predicted octanol–water partition coefficient (Wildman–Crippen LogP) is 2.40. The van der Waals surface area contributed by atoms with Crippen LogP contribution in [0.25, 0.3) is 0 Å². The second-order valence-corrected chi connectivity index (χ2v) is 4.41. The normalized spacial score (nSPS) is 12.4. The molecule has 1 atom stereocenters. The van der Waals surface area contributed by atoms with Crippen LogP contribution >= 0.6 is 0 Å². The molecule has 0 aliphatic rings. The van der Waals surface area contributed by atoms with E-state index in [0.29, 0.717) is 6.04 Å². The number of nitrogens with one attached hydrogen (secondary N) is 1. The Morgan fingerprint density at radius 3 is 2.42 bits per heavy atom. The minimum Gasteiger partial charge on any atom is -0.497 e. The van der Waals surface area contributed by atoms with Crippen LogP contribution in [0.1, 0.15) is 24.9 Å². The highest BCUT2D eigenvalue weighted by atomic mass is 16.5. The Balaban J connectivity index is 2.14. The summed E-state index contributed by atoms with van der Waals surface area (Å²) >= 11 is 0. The molecular formula is C15H25NO3. The Hall–Kier alpha value is -1.10. The highest BCUT2D eigenvalue weighted by Crippen LogP contribution is 2.16. The largest absolute Gasteiger partial charge is 0.497 e. The van der Waals surface area contributed by atoms with E-state index < -0.39 is 0 Å². The summed E-state index contributed by atoms with van der Waals surface area (Å²) < 4.78 is 15.6. The van der Waals surface area contributed by atoms with E-state index in [-0.39, 0.29) is 0 Å². The van der Waals surface area contributed by atoms with Crippen LogP contribution in [0.2, 0.25) is 0 Å². The summed E-state index contributed by atoms with van der Waals surface area (Å²) in [5, 5.41) is 3.43. The van der Waals surface area contributed by atoms with Gasteiger partial charge in [0.15, 0.2) is 0 Å². The van der Waals surface area contributed by atoms with E-state index in [1.807, 2.05) is 12.1 Å². The Bertz CT molecular complexity index is 327. The topological polar surface area (TPSA) is 39.7 Å². The fourth-order valence-corrected chi connectivity index (χ4v) is 1.77. The number of hydrogen-bond donors (Lipinski definition) is 1. The van der Waals surface area contributed by atoms with Crippen LogP contribution in [-0.4, -0.2) is 40.6 Å². The average Bonchev–Trinajstić information content (AvgIpc) is 2.46. The molecule has 0 bridgehead atoms. The van der Waals surface area contributed by atoms with Crippen molar-refractivity contribution in [3.8, 4) is 5.75 Å². The van der Waals surface area contributed by atoms with E-state index in [2.05, 4.69) is 24.4 Å². The lowest BCUT2D eigenvalue weighted by molar-refractivity contribution is 0.103. The summed E-state index contributed by atoms with van der Waals surface area (Å²) in [6.07, 6.45) is 0.949. The highest BCUT2D eigenvalue weighted by molar-refractivity contribution is 5.28. The fourth-order valence-electron chi connectivity index (χ4n) is 1.77. The molecule has 4 heteroatoms. The molecule has 0 aliphatic carbocycles. The summed E-state index contributed by atoms with van der Waals surface area (Å²) in [6, 6.07) is 8.43. The molecule has 0 aliphatic heterocycles. The van der Waals surface area contributed by atoms with Crippen LogP contribution < -0.4 is 10.1 Å². The zero-order valence-corrected chi connectivity index (χ0v) is 12.1. The van der Waals surface area contributed by atoms with Crippen molar-refractivity contribution in [1.82, 2.24) is 5.32 Å². The molecular weight excluding hydrogens is 242 g/mol. The molecule has 108 valence electrons. The molecule has 0 aromatic heterocycles. The standard InChI is InChI=1S/C15H25NO3/c1-13(14-5-7-15(18-3)8-6-14)16-9-12-19-11-4-10-17-2/h5-8,13,16H,4,9-12H2,1-3H3. The number of rotatable bonds is 10. The van der Waals surface area contributed by atoms with Gasteiger partial charge in [0.2, 0.25) is 0 Å². The van der Waals surface area contributed by atoms with Crippen LogP contribution in [0, 0.1) is 0 Å². The second-order valence-electron chi connectivity index (χ2n) is 4.41. The van der Waals surface area contributed by atoms with Gasteiger partial charge in [-0.1, -0.05) is 12.1 Å². The van der Waals surface area contributed by atoms with Crippen LogP contribution in [0.3, 0.4) is 0 Å². The van der Waals surface area contributed by atoms with E-state index in [9.17, 15) is 0 Å². The van der Waals surface area contributed by atoms with E-state index >= 15 is 0 Å². The molecule has 1 aromatic rings. The lowest BCUT2D eigenvalue weighted by atomic mass is 10.1. The summed E-state index contributed by atoms with van der Waals surface area (Å²) in [7, 11) is 3.38. The molecule has 0 saturated heterocycles. The minimum atomic E-state index is 0.313. The van der Waals surface area contributed by atoms with Crippen molar-refractivity contribution in [1.29, 1.82) is 0 Å². The van der Waals surface area contributed by atoms with E-state index in [1.165, 1.54) is 5.56 Å². The fraction of sp³-hybridized carbons (Fsp3) is 0.600. The molecule has 0 amide bonds. The van der Waals surface area contributed by atoms with Gasteiger partial charge in [0.1, 0.15) is 5.75 Å². The summed E-state index contributed by atoms with van der Waals surface area (Å²) in [5.41, 5.74) is 1.25. The molecule has 19 heavy (non-hydrogen) atoms. The molecule has 0 fully saturated rings. The Labute approximate surface area is 116 Å². The molecule has 1 N–H and O–H groups in total. The van der Waals surface area contributed by atoms with E-state index in [1.54, 1.807) is 14.2 Å². The Morgan fingerprint density at radius 2 is 1.79 bits per heavy atom. The maximum absolute atomic E-state index is 5.50. The third-order valence-electron chi connectivity index (χ3n) is 2.95. The number of hydrogen-bond acceptors (Lipinski definition) is 4. The SMILES string of the molecule is COCCCOCCNC(C)c1ccc(OC)cc1. The van der Waals surface area contributed by atoms with Crippen LogP contribution in [0.15, 0.2) is 24.3 Å². The minimum absolute atomic E-state index is 0.313. The van der Waals surface area contributed by atoms with Crippen LogP contribution in [0.5, 0.6) is 5.75 Å². The quantitative estimate of drug-likeness (QED) is 0.661. The number of ether oxygens (including phenoxy) is 3. The van der Waals surface area contributed by atoms with Crippen LogP contribution in [0.4, 0.5) is 0 Å². The molecule has 0 spiro atoms. The van der Waals surface area contributed by atoms with Crippen molar-refractivity contribution in [2.75, 3.05) is 40.6 Å². The van der Waals surface area contributed by atoms with Crippen molar-refractivity contribution in [2.24, 2.45) is 0 Å². The van der Waals surface area contributed by atoms with Crippen molar-refractivity contribution in [2.45, 2.75) is 19.4 Å². The van der Waals surface area contributed by atoms with Gasteiger partial charge in [-0.15, -0.1) is 0 Å². The summed E-state index contributed by atoms with van der Waals surface area (Å²) in [6.45, 7) is 5.24. The molecule has 1 aromatic carbocycles. The number of methoxy groups -OCH3 is 2. The molecule has 4 nitrogen and oxygen atoms in total. The van der Waals surface area contributed by atoms with Crippen molar-refractivity contribution < 1.29 is 14.2 Å². The zero-order valence-electron chi connectivity index (χ0n) is 12.1. The first-order valence-corrected chi connectivity index (χ1v) is 6.72. The third-order valence-corrected chi connectivity index (χ3v) is 2.95. The van der Waals surface area contributed by atoms with E-state index in [0.717, 1.165) is 38.5 Å². The lowest BCUT2D eigenvalue weighted by Gasteiger charge is -2.14. The van der Waals surface area contributed by atoms with Gasteiger partial charge in [0, 0.05) is 32.9 Å². The highest BCUT2D eigenvalue weighted by Gasteiger charge is 2.04. The Kier molecular flexibility index (Phi) is 8.21. The number of benzene rings is 1. The molecule has 0 heterocycles. The van der Waals surface area contributed by atoms with E-state index in [4.69, 9.17) is 14.2 Å². The first kappa shape index (κ1) is 16.0. The van der Waals surface area contributed by atoms with Gasteiger partial charge in [0.05, 0.1) is 13.7 Å². The zero-order chi connectivity index (χ0) is 13.9. The smallest absolute Gasteiger partial charge is 0.118 e. The third kappa shape index (κ3) is 6.57. The van der Waals surface area contributed by atoms with Gasteiger partial charge in [-0.05, 0) is 31.0 Å².